The van der Waals surface area contributed by atoms with E-state index in [1.165, 1.54) is 0 Å². The fourth-order valence-electron chi connectivity index (χ4n) is 1.79. The highest BCUT2D eigenvalue weighted by Crippen LogP contribution is 2.30. The first-order valence-electron chi connectivity index (χ1n) is 5.14. The number of hydrogen-bond donors (Lipinski definition) is 1. The van der Waals surface area contributed by atoms with E-state index in [1.54, 1.807) is 30.3 Å². The lowest BCUT2D eigenvalue weighted by Crippen LogP contribution is -2.23. The SMILES string of the molecule is O=C1C(=O)c2ccccc2C(O)=C1CC=C(Br)Br. The Bertz CT molecular complexity index is 596. The number of carbonyl (C=O) groups excluding carboxylic acids is 2. The molecule has 0 atom stereocenters. The van der Waals surface area contributed by atoms with Gasteiger partial charge in [-0.2, -0.15) is 0 Å². The summed E-state index contributed by atoms with van der Waals surface area (Å²) in [6.45, 7) is 0. The van der Waals surface area contributed by atoms with Gasteiger partial charge in [-0.25, -0.2) is 0 Å². The summed E-state index contributed by atoms with van der Waals surface area (Å²) in [5.41, 5.74) is 0.789. The predicted octanol–water partition coefficient (Wildman–Crippen LogP) is 3.74. The number of carbonyl (C=O) groups is 2. The van der Waals surface area contributed by atoms with Crippen LogP contribution in [0.15, 0.2) is 39.3 Å². The Hall–Kier alpha value is -1.20. The molecule has 1 aromatic rings. The van der Waals surface area contributed by atoms with Gasteiger partial charge in [-0.15, -0.1) is 0 Å². The van der Waals surface area contributed by atoms with E-state index >= 15 is 0 Å². The number of ketones is 2. The molecule has 0 saturated carbocycles. The zero-order chi connectivity index (χ0) is 13.3. The molecular formula is C13H8Br2O3. The maximum Gasteiger partial charge on any atom is 0.234 e. The molecule has 1 aliphatic rings. The Morgan fingerprint density at radius 3 is 2.33 bits per heavy atom. The highest BCUT2D eigenvalue weighted by Gasteiger charge is 2.31. The predicted molar refractivity (Wildman–Crippen MR) is 75.9 cm³/mol. The van der Waals surface area contributed by atoms with Crippen molar-refractivity contribution in [2.75, 3.05) is 0 Å². The third-order valence-corrected chi connectivity index (χ3v) is 3.30. The highest BCUT2D eigenvalue weighted by molar-refractivity contribution is 9.28. The zero-order valence-electron chi connectivity index (χ0n) is 9.11. The fraction of sp³-hybridized carbons (Fsp3) is 0.0769. The van der Waals surface area contributed by atoms with Crippen LogP contribution in [-0.4, -0.2) is 16.7 Å². The standard InChI is InChI=1S/C13H8Br2O3/c14-10(15)6-5-9-11(16)7-3-1-2-4-8(7)12(17)13(9)18/h1-4,6,16H,5H2. The maximum absolute atomic E-state index is 11.9. The van der Waals surface area contributed by atoms with Gasteiger partial charge >= 0.3 is 0 Å². The minimum atomic E-state index is -0.649. The first-order chi connectivity index (χ1) is 8.52. The summed E-state index contributed by atoms with van der Waals surface area (Å²) < 4.78 is 0.661. The Labute approximate surface area is 120 Å². The van der Waals surface area contributed by atoms with Crippen LogP contribution in [0.4, 0.5) is 0 Å². The van der Waals surface area contributed by atoms with Crippen LogP contribution in [0.2, 0.25) is 0 Å². The third-order valence-electron chi connectivity index (χ3n) is 2.65. The number of fused-ring (bicyclic) bond motifs is 1. The lowest BCUT2D eigenvalue weighted by atomic mass is 9.87. The van der Waals surface area contributed by atoms with Crippen LogP contribution >= 0.6 is 31.9 Å². The van der Waals surface area contributed by atoms with Crippen LogP contribution in [0.1, 0.15) is 22.3 Å². The van der Waals surface area contributed by atoms with Crippen molar-refractivity contribution < 1.29 is 14.7 Å². The number of rotatable bonds is 2. The van der Waals surface area contributed by atoms with Gasteiger partial charge in [0.1, 0.15) is 5.76 Å². The highest BCUT2D eigenvalue weighted by atomic mass is 79.9. The second-order valence-electron chi connectivity index (χ2n) is 3.73. The average molecular weight is 372 g/mol. The molecule has 0 unspecified atom stereocenters. The van der Waals surface area contributed by atoms with E-state index in [2.05, 4.69) is 31.9 Å². The summed E-state index contributed by atoms with van der Waals surface area (Å²) in [6, 6.07) is 6.55. The van der Waals surface area contributed by atoms with Crippen molar-refractivity contribution in [2.24, 2.45) is 0 Å². The summed E-state index contributed by atoms with van der Waals surface area (Å²) in [5, 5.41) is 10.1. The van der Waals surface area contributed by atoms with Crippen molar-refractivity contribution in [1.29, 1.82) is 0 Å². The number of allylic oxidation sites excluding steroid dienone is 2. The summed E-state index contributed by atoms with van der Waals surface area (Å²) in [4.78, 5) is 23.8. The number of halogens is 2. The zero-order valence-corrected chi connectivity index (χ0v) is 12.3. The van der Waals surface area contributed by atoms with Crippen LogP contribution in [0.3, 0.4) is 0 Å². The van der Waals surface area contributed by atoms with Crippen molar-refractivity contribution in [3.8, 4) is 0 Å². The van der Waals surface area contributed by atoms with Gasteiger partial charge in [0.2, 0.25) is 11.6 Å². The Balaban J connectivity index is 2.55. The van der Waals surface area contributed by atoms with Gasteiger partial charge in [0.05, 0.1) is 3.39 Å². The number of benzene rings is 1. The van der Waals surface area contributed by atoms with E-state index in [1.807, 2.05) is 0 Å². The van der Waals surface area contributed by atoms with Crippen LogP contribution in [-0.2, 0) is 4.79 Å². The molecular weight excluding hydrogens is 364 g/mol. The molecule has 0 heterocycles. The van der Waals surface area contributed by atoms with Gasteiger partial charge < -0.3 is 5.11 Å². The molecule has 0 fully saturated rings. The van der Waals surface area contributed by atoms with Crippen molar-refractivity contribution in [3.05, 3.63) is 50.4 Å². The summed E-state index contributed by atoms with van der Waals surface area (Å²) in [7, 11) is 0. The molecule has 2 rings (SSSR count). The van der Waals surface area contributed by atoms with Gasteiger partial charge in [0.25, 0.3) is 0 Å². The normalized spacial score (nSPS) is 14.6. The van der Waals surface area contributed by atoms with E-state index in [0.29, 0.717) is 8.96 Å². The smallest absolute Gasteiger partial charge is 0.234 e. The van der Waals surface area contributed by atoms with Crippen molar-refractivity contribution >= 4 is 49.2 Å². The Morgan fingerprint density at radius 2 is 1.72 bits per heavy atom. The topological polar surface area (TPSA) is 54.4 Å². The van der Waals surface area contributed by atoms with Crippen LogP contribution in [0, 0.1) is 0 Å². The molecule has 0 bridgehead atoms. The molecule has 92 valence electrons. The summed E-state index contributed by atoms with van der Waals surface area (Å²) in [6.07, 6.45) is 1.85. The molecule has 1 aliphatic carbocycles. The minimum Gasteiger partial charge on any atom is -0.507 e. The first kappa shape index (κ1) is 13.2. The Morgan fingerprint density at radius 1 is 1.11 bits per heavy atom. The summed E-state index contributed by atoms with van der Waals surface area (Å²) >= 11 is 6.33. The third kappa shape index (κ3) is 2.33. The van der Waals surface area contributed by atoms with E-state index in [9.17, 15) is 14.7 Å². The molecule has 0 spiro atoms. The van der Waals surface area contributed by atoms with Gasteiger partial charge in [0.15, 0.2) is 0 Å². The molecule has 3 nitrogen and oxygen atoms in total. The van der Waals surface area contributed by atoms with Crippen LogP contribution < -0.4 is 0 Å². The number of aliphatic hydroxyl groups excluding tert-OH is 1. The van der Waals surface area contributed by atoms with Gasteiger partial charge in [-0.1, -0.05) is 30.3 Å². The molecule has 0 radical (unpaired) electrons. The molecule has 0 saturated heterocycles. The van der Waals surface area contributed by atoms with E-state index in [0.717, 1.165) is 0 Å². The lowest BCUT2D eigenvalue weighted by Gasteiger charge is -2.16. The number of aliphatic hydroxyl groups is 1. The molecule has 5 heteroatoms. The van der Waals surface area contributed by atoms with E-state index in [4.69, 9.17) is 0 Å². The molecule has 18 heavy (non-hydrogen) atoms. The molecule has 1 aromatic carbocycles. The Kier molecular flexibility index (Phi) is 3.82. The second kappa shape index (κ2) is 5.20. The van der Waals surface area contributed by atoms with Gasteiger partial charge in [-0.3, -0.25) is 9.59 Å². The second-order valence-corrected chi connectivity index (χ2v) is 6.50. The first-order valence-corrected chi connectivity index (χ1v) is 6.72. The number of Topliss-reactive ketones (excluding diaryl/α,β-unsaturated/α-hetero) is 2. The van der Waals surface area contributed by atoms with Crippen molar-refractivity contribution in [1.82, 2.24) is 0 Å². The lowest BCUT2D eigenvalue weighted by molar-refractivity contribution is -0.112. The number of hydrogen-bond acceptors (Lipinski definition) is 3. The molecule has 0 aliphatic heterocycles. The minimum absolute atomic E-state index is 0.118. The molecule has 0 amide bonds. The maximum atomic E-state index is 11.9. The van der Waals surface area contributed by atoms with Crippen molar-refractivity contribution in [2.45, 2.75) is 6.42 Å². The summed E-state index contributed by atoms with van der Waals surface area (Å²) in [5.74, 6) is -1.34. The molecule has 1 N–H and O–H groups in total. The van der Waals surface area contributed by atoms with Crippen LogP contribution in [0.5, 0.6) is 0 Å². The monoisotopic (exact) mass is 370 g/mol. The van der Waals surface area contributed by atoms with Gasteiger partial charge in [-0.05, 0) is 38.3 Å². The van der Waals surface area contributed by atoms with Gasteiger partial charge in [0, 0.05) is 16.7 Å². The fourth-order valence-corrected chi connectivity index (χ4v) is 2.11. The largest absolute Gasteiger partial charge is 0.507 e. The van der Waals surface area contributed by atoms with E-state index in [-0.39, 0.29) is 23.3 Å². The van der Waals surface area contributed by atoms with Crippen molar-refractivity contribution in [3.63, 3.8) is 0 Å². The van der Waals surface area contributed by atoms with E-state index < -0.39 is 11.6 Å². The quantitative estimate of drug-likeness (QED) is 0.805. The van der Waals surface area contributed by atoms with Crippen LogP contribution in [0.25, 0.3) is 5.76 Å². The average Bonchev–Trinajstić information content (AvgIpc) is 2.36. The molecule has 0 aromatic heterocycles.